The molecule has 0 spiro atoms. The molecule has 1 fully saturated rings. The monoisotopic (exact) mass is 397 g/mol. The standard InChI is InChI=1S/C21H20N2O2S2/c24-27(25,20-10-5-15-26-20)23-13-11-22(12-14-23)21-18-8-3-1-6-16(18)17-7-2-4-9-19(17)21/h1-10,15,21H,11-14H2/p+1. The number of piperazine rings is 1. The van der Waals surface area contributed by atoms with Crippen LogP contribution in [0.15, 0.2) is 70.3 Å². The first kappa shape index (κ1) is 17.1. The van der Waals surface area contributed by atoms with Crippen LogP contribution in [0, 0.1) is 0 Å². The number of rotatable bonds is 3. The molecule has 5 rings (SSSR count). The van der Waals surface area contributed by atoms with Crippen LogP contribution in [0.5, 0.6) is 0 Å². The molecule has 0 bridgehead atoms. The van der Waals surface area contributed by atoms with Gasteiger partial charge in [-0.2, -0.15) is 4.31 Å². The van der Waals surface area contributed by atoms with Gasteiger partial charge in [0, 0.05) is 11.1 Å². The summed E-state index contributed by atoms with van der Waals surface area (Å²) in [4.78, 5) is 1.45. The molecule has 2 heterocycles. The fourth-order valence-corrected chi connectivity index (χ4v) is 7.02. The van der Waals surface area contributed by atoms with Gasteiger partial charge in [-0.3, -0.25) is 0 Å². The molecule has 0 radical (unpaired) electrons. The zero-order chi connectivity index (χ0) is 18.4. The van der Waals surface area contributed by atoms with E-state index in [1.165, 1.54) is 38.5 Å². The number of benzene rings is 2. The summed E-state index contributed by atoms with van der Waals surface area (Å²) >= 11 is 1.29. The van der Waals surface area contributed by atoms with Crippen molar-refractivity contribution >= 4 is 21.4 Å². The highest BCUT2D eigenvalue weighted by molar-refractivity contribution is 7.91. The van der Waals surface area contributed by atoms with Crippen molar-refractivity contribution < 1.29 is 13.3 Å². The van der Waals surface area contributed by atoms with E-state index < -0.39 is 10.0 Å². The van der Waals surface area contributed by atoms with Crippen LogP contribution in [0.25, 0.3) is 11.1 Å². The van der Waals surface area contributed by atoms with Gasteiger partial charge in [0.25, 0.3) is 10.0 Å². The Morgan fingerprint density at radius 1 is 0.852 bits per heavy atom. The number of hydrogen-bond acceptors (Lipinski definition) is 3. The van der Waals surface area contributed by atoms with Crippen molar-refractivity contribution in [3.05, 3.63) is 77.2 Å². The number of quaternary nitrogens is 1. The van der Waals surface area contributed by atoms with Crippen molar-refractivity contribution in [1.29, 1.82) is 0 Å². The Hall–Kier alpha value is -1.99. The number of nitrogens with zero attached hydrogens (tertiary/aromatic N) is 1. The minimum Gasteiger partial charge on any atom is -0.323 e. The first-order valence-electron chi connectivity index (χ1n) is 9.23. The third-order valence-electron chi connectivity index (χ3n) is 5.70. The Morgan fingerprint density at radius 2 is 1.44 bits per heavy atom. The van der Waals surface area contributed by atoms with E-state index in [0.717, 1.165) is 13.1 Å². The van der Waals surface area contributed by atoms with Gasteiger partial charge in [0.05, 0.1) is 26.2 Å². The lowest BCUT2D eigenvalue weighted by Gasteiger charge is -2.35. The van der Waals surface area contributed by atoms with Crippen LogP contribution in [-0.4, -0.2) is 38.9 Å². The minimum absolute atomic E-state index is 0.295. The lowest BCUT2D eigenvalue weighted by molar-refractivity contribution is -0.928. The summed E-state index contributed by atoms with van der Waals surface area (Å²) in [5.41, 5.74) is 5.37. The molecule has 138 valence electrons. The molecule has 2 aliphatic rings. The van der Waals surface area contributed by atoms with Gasteiger partial charge in [0.1, 0.15) is 10.3 Å². The molecular weight excluding hydrogens is 376 g/mol. The number of hydrogen-bond donors (Lipinski definition) is 1. The number of fused-ring (bicyclic) bond motifs is 3. The predicted octanol–water partition coefficient (Wildman–Crippen LogP) is 2.41. The van der Waals surface area contributed by atoms with E-state index in [1.807, 2.05) is 5.38 Å². The van der Waals surface area contributed by atoms with E-state index in [4.69, 9.17) is 0 Å². The lowest BCUT2D eigenvalue weighted by atomic mass is 10.0. The zero-order valence-electron chi connectivity index (χ0n) is 14.8. The summed E-state index contributed by atoms with van der Waals surface area (Å²) in [6.45, 7) is 2.77. The highest BCUT2D eigenvalue weighted by atomic mass is 32.2. The maximum Gasteiger partial charge on any atom is 0.252 e. The molecule has 1 saturated heterocycles. The fraction of sp³-hybridized carbons (Fsp3) is 0.238. The molecule has 0 unspecified atom stereocenters. The molecule has 3 aromatic rings. The number of sulfonamides is 1. The van der Waals surface area contributed by atoms with Gasteiger partial charge in [0.2, 0.25) is 0 Å². The topological polar surface area (TPSA) is 41.8 Å². The van der Waals surface area contributed by atoms with Crippen LogP contribution in [0.3, 0.4) is 0 Å². The van der Waals surface area contributed by atoms with Gasteiger partial charge in [-0.1, -0.05) is 54.6 Å². The van der Waals surface area contributed by atoms with Gasteiger partial charge in [-0.15, -0.1) is 11.3 Å². The molecule has 27 heavy (non-hydrogen) atoms. The Kier molecular flexibility index (Phi) is 4.16. The average Bonchev–Trinajstić information content (AvgIpc) is 3.35. The van der Waals surface area contributed by atoms with Crippen molar-refractivity contribution in [1.82, 2.24) is 4.31 Å². The summed E-state index contributed by atoms with van der Waals surface area (Å²) in [5, 5.41) is 1.82. The number of thiophene rings is 1. The first-order valence-corrected chi connectivity index (χ1v) is 11.5. The molecule has 2 aromatic carbocycles. The van der Waals surface area contributed by atoms with Crippen LogP contribution in [0.2, 0.25) is 0 Å². The smallest absolute Gasteiger partial charge is 0.252 e. The Balaban J connectivity index is 1.42. The van der Waals surface area contributed by atoms with E-state index in [1.54, 1.807) is 16.4 Å². The van der Waals surface area contributed by atoms with Gasteiger partial charge in [-0.05, 0) is 22.6 Å². The van der Waals surface area contributed by atoms with Crippen LogP contribution in [-0.2, 0) is 10.0 Å². The molecule has 1 aromatic heterocycles. The second-order valence-electron chi connectivity index (χ2n) is 7.10. The zero-order valence-corrected chi connectivity index (χ0v) is 16.5. The molecule has 6 heteroatoms. The van der Waals surface area contributed by atoms with Gasteiger partial charge >= 0.3 is 0 Å². The van der Waals surface area contributed by atoms with Crippen molar-refractivity contribution in [2.75, 3.05) is 26.2 Å². The first-order chi connectivity index (χ1) is 13.2. The summed E-state index contributed by atoms with van der Waals surface area (Å²) in [7, 11) is -3.35. The second-order valence-corrected chi connectivity index (χ2v) is 10.2. The molecule has 4 nitrogen and oxygen atoms in total. The van der Waals surface area contributed by atoms with Crippen molar-refractivity contribution in [3.8, 4) is 11.1 Å². The van der Waals surface area contributed by atoms with Gasteiger partial charge in [0.15, 0.2) is 0 Å². The third kappa shape index (κ3) is 2.75. The minimum atomic E-state index is -3.35. The largest absolute Gasteiger partial charge is 0.323 e. The van der Waals surface area contributed by atoms with Crippen LogP contribution in [0.4, 0.5) is 0 Å². The molecule has 0 amide bonds. The molecule has 1 N–H and O–H groups in total. The van der Waals surface area contributed by atoms with E-state index in [9.17, 15) is 8.42 Å². The van der Waals surface area contributed by atoms with Crippen molar-refractivity contribution in [2.45, 2.75) is 10.3 Å². The predicted molar refractivity (Wildman–Crippen MR) is 107 cm³/mol. The molecule has 0 saturated carbocycles. The van der Waals surface area contributed by atoms with Gasteiger partial charge < -0.3 is 4.90 Å². The van der Waals surface area contributed by atoms with Crippen LogP contribution < -0.4 is 4.90 Å². The maximum atomic E-state index is 12.8. The van der Waals surface area contributed by atoms with E-state index >= 15 is 0 Å². The van der Waals surface area contributed by atoms with E-state index in [-0.39, 0.29) is 0 Å². The van der Waals surface area contributed by atoms with Crippen LogP contribution >= 0.6 is 11.3 Å². The SMILES string of the molecule is O=S(=O)(c1cccs1)N1CC[NH+](C2c3ccccc3-c3ccccc32)CC1. The molecule has 0 atom stereocenters. The van der Waals surface area contributed by atoms with Crippen molar-refractivity contribution in [2.24, 2.45) is 0 Å². The third-order valence-corrected chi connectivity index (χ3v) is 8.97. The van der Waals surface area contributed by atoms with Crippen molar-refractivity contribution in [3.63, 3.8) is 0 Å². The Morgan fingerprint density at radius 3 is 2.00 bits per heavy atom. The molecular formula is C21H21N2O2S2+. The highest BCUT2D eigenvalue weighted by Crippen LogP contribution is 2.41. The summed E-state index contributed by atoms with van der Waals surface area (Å²) in [6, 6.07) is 21.0. The Bertz CT molecular complexity index is 1020. The maximum absolute atomic E-state index is 12.8. The summed E-state index contributed by atoms with van der Waals surface area (Å²) < 4.78 is 27.7. The fourth-order valence-electron chi connectivity index (χ4n) is 4.44. The Labute approximate surface area is 163 Å². The van der Waals surface area contributed by atoms with Crippen LogP contribution in [0.1, 0.15) is 17.2 Å². The lowest BCUT2D eigenvalue weighted by Crippen LogP contribution is -3.15. The average molecular weight is 398 g/mol. The van der Waals surface area contributed by atoms with Gasteiger partial charge in [-0.25, -0.2) is 8.42 Å². The summed E-state index contributed by atoms with van der Waals surface area (Å²) in [6.07, 6.45) is 0. The summed E-state index contributed by atoms with van der Waals surface area (Å²) in [5.74, 6) is 0. The highest BCUT2D eigenvalue weighted by Gasteiger charge is 2.39. The number of nitrogens with one attached hydrogen (secondary N) is 1. The second kappa shape index (κ2) is 6.56. The quantitative estimate of drug-likeness (QED) is 0.738. The molecule has 1 aliphatic carbocycles. The molecule has 1 aliphatic heterocycles. The van der Waals surface area contributed by atoms with E-state index in [2.05, 4.69) is 48.5 Å². The van der Waals surface area contributed by atoms with E-state index in [0.29, 0.717) is 23.3 Å². The normalized spacial score (nSPS) is 18.4.